The summed E-state index contributed by atoms with van der Waals surface area (Å²) < 4.78 is 11.8. The molecule has 0 amide bonds. The second kappa shape index (κ2) is 6.46. The Morgan fingerprint density at radius 3 is 2.28 bits per heavy atom. The normalized spacial score (nSPS) is 21.8. The van der Waals surface area contributed by atoms with Gasteiger partial charge in [0.1, 0.15) is 6.07 Å². The number of nitriles is 1. The molecule has 2 rings (SSSR count). The van der Waals surface area contributed by atoms with Crippen molar-refractivity contribution in [2.75, 3.05) is 6.61 Å². The molecule has 136 valence electrons. The van der Waals surface area contributed by atoms with E-state index in [0.29, 0.717) is 12.5 Å². The zero-order valence-corrected chi connectivity index (χ0v) is 16.8. The quantitative estimate of drug-likeness (QED) is 0.773. The SMILES string of the molecule is CCOC1(C#N)OC(=NC(C)(C)CC(C)(C)C)c2cc(C)c(C)cc21. The highest BCUT2D eigenvalue weighted by atomic mass is 16.7. The van der Waals surface area contributed by atoms with E-state index in [1.165, 1.54) is 0 Å². The minimum atomic E-state index is -1.40. The predicted octanol–water partition coefficient (Wildman–Crippen LogP) is 5.01. The van der Waals surface area contributed by atoms with Crippen molar-refractivity contribution in [3.8, 4) is 6.07 Å². The van der Waals surface area contributed by atoms with Gasteiger partial charge in [-0.05, 0) is 69.7 Å². The minimum absolute atomic E-state index is 0.143. The maximum atomic E-state index is 9.80. The third-order valence-electron chi connectivity index (χ3n) is 4.32. The lowest BCUT2D eigenvalue weighted by molar-refractivity contribution is -0.145. The highest BCUT2D eigenvalue weighted by Gasteiger charge is 2.47. The molecule has 0 bridgehead atoms. The van der Waals surface area contributed by atoms with Gasteiger partial charge in [-0.1, -0.05) is 20.8 Å². The zero-order valence-electron chi connectivity index (χ0n) is 16.8. The molecule has 25 heavy (non-hydrogen) atoms. The molecule has 0 saturated carbocycles. The van der Waals surface area contributed by atoms with Crippen LogP contribution in [-0.4, -0.2) is 18.0 Å². The molecule has 0 fully saturated rings. The molecule has 1 aromatic carbocycles. The smallest absolute Gasteiger partial charge is 0.330 e. The van der Waals surface area contributed by atoms with Gasteiger partial charge in [0.2, 0.25) is 5.90 Å². The van der Waals surface area contributed by atoms with Crippen molar-refractivity contribution >= 4 is 5.90 Å². The monoisotopic (exact) mass is 342 g/mol. The molecule has 4 heteroatoms. The average Bonchev–Trinajstić information content (AvgIpc) is 2.71. The lowest BCUT2D eigenvalue weighted by Gasteiger charge is -2.29. The van der Waals surface area contributed by atoms with Crippen LogP contribution in [0.15, 0.2) is 17.1 Å². The summed E-state index contributed by atoms with van der Waals surface area (Å²) in [6.45, 7) is 17.1. The lowest BCUT2D eigenvalue weighted by Crippen LogP contribution is -2.30. The van der Waals surface area contributed by atoms with Gasteiger partial charge in [0, 0.05) is 12.2 Å². The molecule has 1 aromatic rings. The van der Waals surface area contributed by atoms with Crippen molar-refractivity contribution in [1.82, 2.24) is 0 Å². The Labute approximate surface area is 151 Å². The Morgan fingerprint density at radius 2 is 1.76 bits per heavy atom. The number of rotatable bonds is 4. The van der Waals surface area contributed by atoms with E-state index in [9.17, 15) is 5.26 Å². The largest absolute Gasteiger partial charge is 0.427 e. The molecule has 0 N–H and O–H groups in total. The van der Waals surface area contributed by atoms with Crippen LogP contribution in [0, 0.1) is 30.6 Å². The summed E-state index contributed by atoms with van der Waals surface area (Å²) in [5.41, 5.74) is 3.71. The van der Waals surface area contributed by atoms with Crippen molar-refractivity contribution < 1.29 is 9.47 Å². The third-order valence-corrected chi connectivity index (χ3v) is 4.32. The number of nitrogens with zero attached hydrogens (tertiary/aromatic N) is 2. The molecule has 1 heterocycles. The van der Waals surface area contributed by atoms with Crippen LogP contribution in [0.1, 0.15) is 70.2 Å². The molecule has 0 radical (unpaired) electrons. The zero-order chi connectivity index (χ0) is 19.0. The average molecular weight is 342 g/mol. The fraction of sp³-hybridized carbons (Fsp3) is 0.619. The van der Waals surface area contributed by atoms with Gasteiger partial charge in [-0.25, -0.2) is 4.99 Å². The van der Waals surface area contributed by atoms with Crippen molar-refractivity contribution in [3.05, 3.63) is 34.4 Å². The van der Waals surface area contributed by atoms with E-state index in [4.69, 9.17) is 14.5 Å². The Kier molecular flexibility index (Phi) is 5.03. The lowest BCUT2D eigenvalue weighted by atomic mass is 9.82. The van der Waals surface area contributed by atoms with Crippen molar-refractivity contribution in [3.63, 3.8) is 0 Å². The first-order valence-electron chi connectivity index (χ1n) is 8.89. The van der Waals surface area contributed by atoms with Gasteiger partial charge >= 0.3 is 5.79 Å². The van der Waals surface area contributed by atoms with E-state index in [1.807, 2.05) is 19.9 Å². The Bertz CT molecular complexity index is 735. The van der Waals surface area contributed by atoms with E-state index >= 15 is 0 Å². The summed E-state index contributed by atoms with van der Waals surface area (Å²) in [6, 6.07) is 6.26. The van der Waals surface area contributed by atoms with Crippen LogP contribution >= 0.6 is 0 Å². The first-order valence-corrected chi connectivity index (χ1v) is 8.89. The number of ether oxygens (including phenoxy) is 2. The third kappa shape index (κ3) is 4.04. The van der Waals surface area contributed by atoms with E-state index in [-0.39, 0.29) is 11.0 Å². The van der Waals surface area contributed by atoms with Crippen LogP contribution in [0.3, 0.4) is 0 Å². The van der Waals surface area contributed by atoms with E-state index in [0.717, 1.165) is 28.7 Å². The van der Waals surface area contributed by atoms with Crippen LogP contribution in [-0.2, 0) is 15.3 Å². The van der Waals surface area contributed by atoms with Gasteiger partial charge in [-0.3, -0.25) is 0 Å². The Morgan fingerprint density at radius 1 is 1.16 bits per heavy atom. The topological polar surface area (TPSA) is 54.6 Å². The number of aryl methyl sites for hydroxylation is 2. The molecule has 4 nitrogen and oxygen atoms in total. The Balaban J connectivity index is 2.59. The molecular weight excluding hydrogens is 312 g/mol. The van der Waals surface area contributed by atoms with E-state index < -0.39 is 5.79 Å². The van der Waals surface area contributed by atoms with Crippen molar-refractivity contribution in [2.45, 2.75) is 73.1 Å². The number of aliphatic imine (C=N–C) groups is 1. The summed E-state index contributed by atoms with van der Waals surface area (Å²) in [5.74, 6) is -0.901. The summed E-state index contributed by atoms with van der Waals surface area (Å²) in [7, 11) is 0. The van der Waals surface area contributed by atoms with Crippen molar-refractivity contribution in [1.29, 1.82) is 5.26 Å². The minimum Gasteiger partial charge on any atom is -0.427 e. The fourth-order valence-corrected chi connectivity index (χ4v) is 3.63. The molecule has 0 spiro atoms. The van der Waals surface area contributed by atoms with Crippen LogP contribution in [0.2, 0.25) is 0 Å². The van der Waals surface area contributed by atoms with Gasteiger partial charge < -0.3 is 9.47 Å². The molecule has 0 saturated heterocycles. The number of fused-ring (bicyclic) bond motifs is 1. The molecule has 1 atom stereocenters. The van der Waals surface area contributed by atoms with Crippen LogP contribution in [0.5, 0.6) is 0 Å². The second-order valence-electron chi connectivity index (χ2n) is 8.71. The van der Waals surface area contributed by atoms with Gasteiger partial charge in [0.25, 0.3) is 0 Å². The maximum Gasteiger partial charge on any atom is 0.330 e. The summed E-state index contributed by atoms with van der Waals surface area (Å²) in [6.07, 6.45) is 0.904. The van der Waals surface area contributed by atoms with Crippen LogP contribution in [0.4, 0.5) is 0 Å². The highest BCUT2D eigenvalue weighted by Crippen LogP contribution is 2.40. The fourth-order valence-electron chi connectivity index (χ4n) is 3.63. The molecule has 1 unspecified atom stereocenters. The Hall–Kier alpha value is -1.86. The molecule has 1 aliphatic rings. The van der Waals surface area contributed by atoms with E-state index in [2.05, 4.69) is 53.7 Å². The molecule has 0 aliphatic carbocycles. The molecule has 0 aromatic heterocycles. The number of hydrogen-bond donors (Lipinski definition) is 0. The first-order chi connectivity index (χ1) is 11.4. The van der Waals surface area contributed by atoms with Gasteiger partial charge in [-0.2, -0.15) is 5.26 Å². The predicted molar refractivity (Wildman–Crippen MR) is 101 cm³/mol. The number of benzene rings is 1. The molecule has 1 aliphatic heterocycles. The van der Waals surface area contributed by atoms with Gasteiger partial charge in [0.15, 0.2) is 0 Å². The second-order valence-corrected chi connectivity index (χ2v) is 8.71. The van der Waals surface area contributed by atoms with Gasteiger partial charge in [-0.15, -0.1) is 0 Å². The maximum absolute atomic E-state index is 9.80. The van der Waals surface area contributed by atoms with Crippen molar-refractivity contribution in [2.24, 2.45) is 10.4 Å². The highest BCUT2D eigenvalue weighted by molar-refractivity contribution is 5.99. The summed E-state index contributed by atoms with van der Waals surface area (Å²) in [5, 5.41) is 9.80. The summed E-state index contributed by atoms with van der Waals surface area (Å²) >= 11 is 0. The standard InChI is InChI=1S/C21H30N2O2/c1-9-24-21(13-22)17-11-15(3)14(2)10-16(17)18(25-21)23-20(7,8)12-19(4,5)6/h10-11H,9,12H2,1-8H3. The molecular formula is C21H30N2O2. The van der Waals surface area contributed by atoms with Crippen LogP contribution in [0.25, 0.3) is 0 Å². The van der Waals surface area contributed by atoms with Crippen LogP contribution < -0.4 is 0 Å². The first kappa shape index (κ1) is 19.5. The van der Waals surface area contributed by atoms with Gasteiger partial charge in [0.05, 0.1) is 11.1 Å². The summed E-state index contributed by atoms with van der Waals surface area (Å²) in [4.78, 5) is 4.89. The van der Waals surface area contributed by atoms with E-state index in [1.54, 1.807) is 0 Å². The number of hydrogen-bond acceptors (Lipinski definition) is 4.